The predicted octanol–water partition coefficient (Wildman–Crippen LogP) is 2.89. The number of alkyl halides is 1. The van der Waals surface area contributed by atoms with Crippen molar-refractivity contribution in [2.75, 3.05) is 11.9 Å². The lowest BCUT2D eigenvalue weighted by atomic mass is 10.0. The van der Waals surface area contributed by atoms with Crippen molar-refractivity contribution < 1.29 is 9.53 Å². The van der Waals surface area contributed by atoms with Crippen LogP contribution in [0.3, 0.4) is 0 Å². The molecule has 80 valence electrons. The molecule has 1 unspecified atom stereocenters. The topological polar surface area (TPSA) is 26.3 Å². The fourth-order valence-electron chi connectivity index (χ4n) is 1.22. The van der Waals surface area contributed by atoms with Crippen molar-refractivity contribution in [3.63, 3.8) is 0 Å². The summed E-state index contributed by atoms with van der Waals surface area (Å²) in [5.74, 6) is -0.188. The summed E-state index contributed by atoms with van der Waals surface area (Å²) in [5.41, 5.74) is 1.11. The number of hydrogen-bond acceptors (Lipinski definition) is 2. The van der Waals surface area contributed by atoms with E-state index in [0.717, 1.165) is 5.56 Å². The molecule has 0 N–H and O–H groups in total. The maximum absolute atomic E-state index is 11.0. The van der Waals surface area contributed by atoms with Crippen LogP contribution in [-0.2, 0) is 9.53 Å². The first-order valence-electron chi connectivity index (χ1n) is 4.67. The van der Waals surface area contributed by atoms with Gasteiger partial charge in [0.1, 0.15) is 11.9 Å². The highest BCUT2D eigenvalue weighted by molar-refractivity contribution is 9.09. The van der Waals surface area contributed by atoms with E-state index >= 15 is 0 Å². The lowest BCUT2D eigenvalue weighted by molar-refractivity contribution is -0.140. The Morgan fingerprint density at radius 2 is 2.13 bits per heavy atom. The minimum atomic E-state index is -0.252. The van der Waals surface area contributed by atoms with Crippen molar-refractivity contribution in [1.82, 2.24) is 0 Å². The zero-order chi connectivity index (χ0) is 11.1. The van der Waals surface area contributed by atoms with Gasteiger partial charge in [0.05, 0.1) is 0 Å². The van der Waals surface area contributed by atoms with Crippen LogP contribution in [0.15, 0.2) is 43.0 Å². The second-order valence-corrected chi connectivity index (χ2v) is 3.63. The SMILES string of the molecule is C=CC(COC(=O)CBr)c1ccccc1. The predicted molar refractivity (Wildman–Crippen MR) is 64.1 cm³/mol. The minimum Gasteiger partial charge on any atom is -0.464 e. The molecule has 0 aliphatic rings. The van der Waals surface area contributed by atoms with Gasteiger partial charge in [-0.05, 0) is 5.56 Å². The minimum absolute atomic E-state index is 0.0641. The van der Waals surface area contributed by atoms with Crippen molar-refractivity contribution in [3.05, 3.63) is 48.6 Å². The standard InChI is InChI=1S/C12H13BrO2/c1-2-10(9-15-12(14)8-13)11-6-4-3-5-7-11/h2-7,10H,1,8-9H2. The van der Waals surface area contributed by atoms with Gasteiger partial charge in [-0.15, -0.1) is 6.58 Å². The summed E-state index contributed by atoms with van der Waals surface area (Å²) in [6.45, 7) is 4.08. The maximum Gasteiger partial charge on any atom is 0.316 e. The van der Waals surface area contributed by atoms with Crippen LogP contribution in [0.4, 0.5) is 0 Å². The van der Waals surface area contributed by atoms with Gasteiger partial charge in [0.25, 0.3) is 0 Å². The van der Waals surface area contributed by atoms with Crippen LogP contribution in [0.2, 0.25) is 0 Å². The van der Waals surface area contributed by atoms with Crippen molar-refractivity contribution >= 4 is 21.9 Å². The highest BCUT2D eigenvalue weighted by Crippen LogP contribution is 2.16. The fraction of sp³-hybridized carbons (Fsp3) is 0.250. The molecule has 1 aromatic rings. The molecule has 0 fully saturated rings. The summed E-state index contributed by atoms with van der Waals surface area (Å²) in [5, 5.41) is 0.228. The van der Waals surface area contributed by atoms with Crippen molar-refractivity contribution in [2.24, 2.45) is 0 Å². The third kappa shape index (κ3) is 3.88. The molecular weight excluding hydrogens is 256 g/mol. The van der Waals surface area contributed by atoms with Gasteiger partial charge < -0.3 is 4.74 Å². The van der Waals surface area contributed by atoms with Crippen LogP contribution in [-0.4, -0.2) is 17.9 Å². The Balaban J connectivity index is 2.57. The molecule has 2 nitrogen and oxygen atoms in total. The Hall–Kier alpha value is -1.09. The van der Waals surface area contributed by atoms with Gasteiger partial charge in [-0.3, -0.25) is 4.79 Å². The van der Waals surface area contributed by atoms with E-state index in [9.17, 15) is 4.79 Å². The van der Waals surface area contributed by atoms with Crippen LogP contribution in [0.25, 0.3) is 0 Å². The summed E-state index contributed by atoms with van der Waals surface area (Å²) in [6.07, 6.45) is 1.79. The summed E-state index contributed by atoms with van der Waals surface area (Å²) in [4.78, 5) is 11.0. The lowest BCUT2D eigenvalue weighted by Crippen LogP contribution is -2.12. The quantitative estimate of drug-likeness (QED) is 0.466. The number of benzene rings is 1. The molecule has 15 heavy (non-hydrogen) atoms. The average molecular weight is 269 g/mol. The normalized spacial score (nSPS) is 11.8. The average Bonchev–Trinajstić information content (AvgIpc) is 2.31. The Bertz CT molecular complexity index is 322. The van der Waals surface area contributed by atoms with Gasteiger partial charge in [-0.25, -0.2) is 0 Å². The smallest absolute Gasteiger partial charge is 0.316 e. The molecule has 3 heteroatoms. The molecule has 0 spiro atoms. The second kappa shape index (κ2) is 6.40. The van der Waals surface area contributed by atoms with Crippen LogP contribution in [0.5, 0.6) is 0 Å². The summed E-state index contributed by atoms with van der Waals surface area (Å²) in [7, 11) is 0. The first-order chi connectivity index (χ1) is 7.27. The molecule has 0 heterocycles. The molecule has 0 saturated carbocycles. The molecular formula is C12H13BrO2. The Morgan fingerprint density at radius 1 is 1.47 bits per heavy atom. The number of carbonyl (C=O) groups excluding carboxylic acids is 1. The summed E-state index contributed by atoms with van der Waals surface area (Å²) < 4.78 is 5.04. The van der Waals surface area contributed by atoms with Crippen LogP contribution < -0.4 is 0 Å². The van der Waals surface area contributed by atoms with E-state index in [1.165, 1.54) is 0 Å². The highest BCUT2D eigenvalue weighted by Gasteiger charge is 2.09. The molecule has 0 saturated heterocycles. The first-order valence-corrected chi connectivity index (χ1v) is 5.79. The van der Waals surface area contributed by atoms with Gasteiger partial charge in [-0.2, -0.15) is 0 Å². The summed E-state index contributed by atoms with van der Waals surface area (Å²) >= 11 is 3.04. The van der Waals surface area contributed by atoms with Crippen molar-refractivity contribution in [2.45, 2.75) is 5.92 Å². The third-order valence-electron chi connectivity index (χ3n) is 2.05. The maximum atomic E-state index is 11.0. The molecule has 1 rings (SSSR count). The molecule has 0 radical (unpaired) electrons. The third-order valence-corrected chi connectivity index (χ3v) is 2.50. The number of carbonyl (C=O) groups is 1. The first kappa shape index (κ1) is 12.0. The fourth-order valence-corrected chi connectivity index (χ4v) is 1.38. The molecule has 0 aromatic heterocycles. The van der Waals surface area contributed by atoms with E-state index in [1.807, 2.05) is 30.3 Å². The van der Waals surface area contributed by atoms with Gasteiger partial charge in [0, 0.05) is 5.92 Å². The number of hydrogen-bond donors (Lipinski definition) is 0. The van der Waals surface area contributed by atoms with E-state index in [-0.39, 0.29) is 17.2 Å². The molecule has 0 amide bonds. The zero-order valence-corrected chi connectivity index (χ0v) is 9.94. The van der Waals surface area contributed by atoms with E-state index in [4.69, 9.17) is 4.74 Å². The Kier molecular flexibility index (Phi) is 5.12. The molecule has 0 aliphatic carbocycles. The highest BCUT2D eigenvalue weighted by atomic mass is 79.9. The number of esters is 1. The monoisotopic (exact) mass is 268 g/mol. The van der Waals surface area contributed by atoms with Gasteiger partial charge in [0.2, 0.25) is 0 Å². The van der Waals surface area contributed by atoms with E-state index in [2.05, 4.69) is 22.5 Å². The Morgan fingerprint density at radius 3 is 2.67 bits per heavy atom. The van der Waals surface area contributed by atoms with Gasteiger partial charge >= 0.3 is 5.97 Å². The largest absolute Gasteiger partial charge is 0.464 e. The zero-order valence-electron chi connectivity index (χ0n) is 8.36. The van der Waals surface area contributed by atoms with Gasteiger partial charge in [0.15, 0.2) is 0 Å². The van der Waals surface area contributed by atoms with Crippen molar-refractivity contribution in [1.29, 1.82) is 0 Å². The number of rotatable bonds is 5. The van der Waals surface area contributed by atoms with Crippen LogP contribution >= 0.6 is 15.9 Å². The lowest BCUT2D eigenvalue weighted by Gasteiger charge is -2.12. The molecule has 1 atom stereocenters. The number of ether oxygens (including phenoxy) is 1. The molecule has 1 aromatic carbocycles. The van der Waals surface area contributed by atoms with E-state index in [0.29, 0.717) is 6.61 Å². The summed E-state index contributed by atoms with van der Waals surface area (Å²) in [6, 6.07) is 9.85. The molecule has 0 aliphatic heterocycles. The van der Waals surface area contributed by atoms with E-state index < -0.39 is 0 Å². The Labute approximate surface area is 98.1 Å². The number of halogens is 1. The van der Waals surface area contributed by atoms with E-state index in [1.54, 1.807) is 6.08 Å². The molecule has 0 bridgehead atoms. The van der Waals surface area contributed by atoms with Crippen molar-refractivity contribution in [3.8, 4) is 0 Å². The van der Waals surface area contributed by atoms with Crippen LogP contribution in [0, 0.1) is 0 Å². The second-order valence-electron chi connectivity index (χ2n) is 3.07. The van der Waals surface area contributed by atoms with Crippen LogP contribution in [0.1, 0.15) is 11.5 Å². The van der Waals surface area contributed by atoms with Gasteiger partial charge in [-0.1, -0.05) is 52.3 Å².